The number of benzene rings is 2. The van der Waals surface area contributed by atoms with Crippen LogP contribution in [0.25, 0.3) is 0 Å². The van der Waals surface area contributed by atoms with Crippen LogP contribution in [0.4, 0.5) is 11.4 Å². The van der Waals surface area contributed by atoms with Crippen LogP contribution in [-0.2, 0) is 4.79 Å². The van der Waals surface area contributed by atoms with Crippen molar-refractivity contribution in [2.24, 2.45) is 10.9 Å². The Morgan fingerprint density at radius 1 is 1.03 bits per heavy atom. The molecule has 2 aromatic rings. The largest absolute Gasteiger partial charge is 0.454 e. The summed E-state index contributed by atoms with van der Waals surface area (Å²) in [4.78, 5) is 22.6. The highest BCUT2D eigenvalue weighted by Crippen LogP contribution is 2.39. The van der Waals surface area contributed by atoms with E-state index < -0.39 is 0 Å². The van der Waals surface area contributed by atoms with E-state index in [-0.39, 0.29) is 11.8 Å². The van der Waals surface area contributed by atoms with E-state index in [1.54, 1.807) is 0 Å². The SMILES string of the molecule is CC(C)N1CCN(C2=Nc3ccccc3Oc3ccc(NC(=O)C4CCCC4)cc32)CC1. The number of piperazine rings is 1. The molecule has 1 aliphatic carbocycles. The highest BCUT2D eigenvalue weighted by molar-refractivity contribution is 6.05. The van der Waals surface area contributed by atoms with E-state index in [0.29, 0.717) is 6.04 Å². The highest BCUT2D eigenvalue weighted by atomic mass is 16.5. The summed E-state index contributed by atoms with van der Waals surface area (Å²) in [5.74, 6) is 2.72. The fourth-order valence-electron chi connectivity index (χ4n) is 4.92. The molecule has 0 unspecified atom stereocenters. The van der Waals surface area contributed by atoms with Gasteiger partial charge >= 0.3 is 0 Å². The zero-order valence-electron chi connectivity index (χ0n) is 19.0. The molecule has 0 spiro atoms. The summed E-state index contributed by atoms with van der Waals surface area (Å²) in [6.07, 6.45) is 4.27. The number of hydrogen-bond donors (Lipinski definition) is 1. The molecule has 32 heavy (non-hydrogen) atoms. The number of anilines is 1. The van der Waals surface area contributed by atoms with Crippen molar-refractivity contribution in [1.82, 2.24) is 9.80 Å². The van der Waals surface area contributed by atoms with Gasteiger partial charge in [0.05, 0.1) is 5.56 Å². The fraction of sp³-hybridized carbons (Fsp3) is 0.462. The number of amidine groups is 1. The maximum absolute atomic E-state index is 12.7. The third-order valence-electron chi connectivity index (χ3n) is 6.87. The van der Waals surface area contributed by atoms with Crippen LogP contribution in [-0.4, -0.2) is 53.8 Å². The maximum Gasteiger partial charge on any atom is 0.227 e. The van der Waals surface area contributed by atoms with Crippen molar-refractivity contribution in [2.45, 2.75) is 45.6 Å². The van der Waals surface area contributed by atoms with Crippen LogP contribution in [0.5, 0.6) is 11.5 Å². The first-order chi connectivity index (χ1) is 15.6. The molecular weight excluding hydrogens is 400 g/mol. The van der Waals surface area contributed by atoms with E-state index in [9.17, 15) is 4.79 Å². The molecule has 0 atom stereocenters. The van der Waals surface area contributed by atoms with Crippen LogP contribution >= 0.6 is 0 Å². The number of carbonyl (C=O) groups excluding carboxylic acids is 1. The Morgan fingerprint density at radius 3 is 2.53 bits per heavy atom. The Morgan fingerprint density at radius 2 is 1.78 bits per heavy atom. The second-order valence-electron chi connectivity index (χ2n) is 9.30. The summed E-state index contributed by atoms with van der Waals surface area (Å²) in [6.45, 7) is 8.34. The van der Waals surface area contributed by atoms with E-state index in [0.717, 1.165) is 86.1 Å². The topological polar surface area (TPSA) is 57.2 Å². The Labute approximate surface area is 190 Å². The molecule has 5 rings (SSSR count). The second kappa shape index (κ2) is 8.94. The van der Waals surface area contributed by atoms with Crippen molar-refractivity contribution < 1.29 is 9.53 Å². The minimum absolute atomic E-state index is 0.129. The van der Waals surface area contributed by atoms with Gasteiger partial charge in [0.2, 0.25) is 5.91 Å². The van der Waals surface area contributed by atoms with Crippen LogP contribution < -0.4 is 10.1 Å². The summed E-state index contributed by atoms with van der Waals surface area (Å²) >= 11 is 0. The van der Waals surface area contributed by atoms with Crippen LogP contribution in [0, 0.1) is 5.92 Å². The molecule has 1 N–H and O–H groups in total. The van der Waals surface area contributed by atoms with Crippen molar-refractivity contribution in [3.8, 4) is 11.5 Å². The summed E-state index contributed by atoms with van der Waals surface area (Å²) in [5.41, 5.74) is 2.58. The lowest BCUT2D eigenvalue weighted by atomic mass is 10.1. The molecule has 2 aliphatic heterocycles. The molecule has 1 saturated carbocycles. The Kier molecular flexibility index (Phi) is 5.87. The molecule has 1 saturated heterocycles. The lowest BCUT2D eigenvalue weighted by Crippen LogP contribution is -2.50. The minimum atomic E-state index is 0.129. The number of ether oxygens (including phenoxy) is 1. The first-order valence-corrected chi connectivity index (χ1v) is 11.9. The van der Waals surface area contributed by atoms with E-state index in [4.69, 9.17) is 9.73 Å². The van der Waals surface area contributed by atoms with E-state index in [2.05, 4.69) is 29.0 Å². The fourth-order valence-corrected chi connectivity index (χ4v) is 4.92. The standard InChI is InChI=1S/C26H32N4O2/c1-18(2)29-13-15-30(16-14-29)25-21-17-20(27-26(31)19-7-3-4-8-19)11-12-23(21)32-24-10-6-5-9-22(24)28-25/h5-6,9-12,17-19H,3-4,7-8,13-16H2,1-2H3,(H,27,31). The molecule has 2 fully saturated rings. The zero-order chi connectivity index (χ0) is 22.1. The number of fused-ring (bicyclic) bond motifs is 2. The van der Waals surface area contributed by atoms with Crippen LogP contribution in [0.15, 0.2) is 47.5 Å². The molecule has 6 heteroatoms. The Bertz CT molecular complexity index is 1020. The summed E-state index contributed by atoms with van der Waals surface area (Å²) in [6, 6.07) is 14.4. The van der Waals surface area contributed by atoms with Crippen LogP contribution in [0.2, 0.25) is 0 Å². The molecule has 0 radical (unpaired) electrons. The number of nitrogens with one attached hydrogen (secondary N) is 1. The molecule has 3 aliphatic rings. The number of amides is 1. The first-order valence-electron chi connectivity index (χ1n) is 11.9. The van der Waals surface area contributed by atoms with Gasteiger partial charge < -0.3 is 15.0 Å². The molecule has 6 nitrogen and oxygen atoms in total. The highest BCUT2D eigenvalue weighted by Gasteiger charge is 2.28. The smallest absolute Gasteiger partial charge is 0.227 e. The van der Waals surface area contributed by atoms with Gasteiger partial charge in [0.25, 0.3) is 0 Å². The van der Waals surface area contributed by atoms with Crippen molar-refractivity contribution in [3.05, 3.63) is 48.0 Å². The minimum Gasteiger partial charge on any atom is -0.454 e. The first kappa shape index (κ1) is 21.0. The number of carbonyl (C=O) groups is 1. The van der Waals surface area contributed by atoms with Gasteiger partial charge in [-0.25, -0.2) is 4.99 Å². The predicted molar refractivity (Wildman–Crippen MR) is 128 cm³/mol. The average Bonchev–Trinajstić information content (AvgIpc) is 3.29. The van der Waals surface area contributed by atoms with E-state index in [1.807, 2.05) is 42.5 Å². The number of aliphatic imine (C=N–C) groups is 1. The van der Waals surface area contributed by atoms with Crippen molar-refractivity contribution in [2.75, 3.05) is 31.5 Å². The monoisotopic (exact) mass is 432 g/mol. The number of nitrogens with zero attached hydrogens (tertiary/aromatic N) is 3. The molecule has 1 amide bonds. The van der Waals surface area contributed by atoms with Gasteiger partial charge in [0.1, 0.15) is 17.3 Å². The van der Waals surface area contributed by atoms with Crippen LogP contribution in [0.3, 0.4) is 0 Å². The third-order valence-corrected chi connectivity index (χ3v) is 6.87. The van der Waals surface area contributed by atoms with Gasteiger partial charge in [-0.2, -0.15) is 0 Å². The summed E-state index contributed by atoms with van der Waals surface area (Å²) in [7, 11) is 0. The van der Waals surface area contributed by atoms with Gasteiger partial charge in [0, 0.05) is 43.8 Å². The average molecular weight is 433 g/mol. The third kappa shape index (κ3) is 4.24. The van der Waals surface area contributed by atoms with Crippen LogP contribution in [0.1, 0.15) is 45.1 Å². The van der Waals surface area contributed by atoms with E-state index in [1.165, 1.54) is 0 Å². The molecular formula is C26H32N4O2. The molecule has 2 heterocycles. The number of hydrogen-bond acceptors (Lipinski definition) is 5. The predicted octanol–water partition coefficient (Wildman–Crippen LogP) is 5.03. The Balaban J connectivity index is 1.47. The second-order valence-corrected chi connectivity index (χ2v) is 9.30. The van der Waals surface area contributed by atoms with Gasteiger partial charge in [-0.05, 0) is 57.0 Å². The number of para-hydroxylation sites is 2. The quantitative estimate of drug-likeness (QED) is 0.739. The lowest BCUT2D eigenvalue weighted by molar-refractivity contribution is -0.119. The normalized spacial score (nSPS) is 19.1. The maximum atomic E-state index is 12.7. The lowest BCUT2D eigenvalue weighted by Gasteiger charge is -2.38. The van der Waals surface area contributed by atoms with E-state index >= 15 is 0 Å². The van der Waals surface area contributed by atoms with Crippen molar-refractivity contribution in [3.63, 3.8) is 0 Å². The van der Waals surface area contributed by atoms with Gasteiger partial charge in [-0.15, -0.1) is 0 Å². The summed E-state index contributed by atoms with van der Waals surface area (Å²) in [5, 5.41) is 3.14. The van der Waals surface area contributed by atoms with Gasteiger partial charge in [-0.1, -0.05) is 25.0 Å². The number of rotatable bonds is 3. The molecule has 168 valence electrons. The van der Waals surface area contributed by atoms with Gasteiger partial charge in [0.15, 0.2) is 5.75 Å². The Hall–Kier alpha value is -2.86. The zero-order valence-corrected chi connectivity index (χ0v) is 19.0. The van der Waals surface area contributed by atoms with Crippen molar-refractivity contribution >= 4 is 23.1 Å². The summed E-state index contributed by atoms with van der Waals surface area (Å²) < 4.78 is 6.28. The molecule has 2 aromatic carbocycles. The van der Waals surface area contributed by atoms with Crippen molar-refractivity contribution in [1.29, 1.82) is 0 Å². The molecule has 0 aromatic heterocycles. The van der Waals surface area contributed by atoms with Gasteiger partial charge in [-0.3, -0.25) is 9.69 Å². The molecule has 0 bridgehead atoms.